The van der Waals surface area contributed by atoms with Gasteiger partial charge in [-0.1, -0.05) is 54.7 Å². The van der Waals surface area contributed by atoms with Gasteiger partial charge in [-0.25, -0.2) is 4.98 Å². The van der Waals surface area contributed by atoms with Crippen molar-refractivity contribution in [2.75, 3.05) is 5.32 Å². The van der Waals surface area contributed by atoms with Crippen molar-refractivity contribution in [1.29, 1.82) is 0 Å². The van der Waals surface area contributed by atoms with E-state index in [9.17, 15) is 4.79 Å². The van der Waals surface area contributed by atoms with Crippen LogP contribution in [0.5, 0.6) is 0 Å². The van der Waals surface area contributed by atoms with Gasteiger partial charge in [0, 0.05) is 0 Å². The summed E-state index contributed by atoms with van der Waals surface area (Å²) < 4.78 is 6.72. The first kappa shape index (κ1) is 16.6. The average molecular weight is 340 g/mol. The Morgan fingerprint density at radius 2 is 2.00 bits per heavy atom. The lowest BCUT2D eigenvalue weighted by molar-refractivity contribution is -0.127. The van der Waals surface area contributed by atoms with Crippen LogP contribution in [-0.2, 0) is 22.6 Å². The van der Waals surface area contributed by atoms with E-state index in [1.165, 1.54) is 16.9 Å². The molecule has 1 N–H and O–H groups in total. The number of hydrogen-bond donors (Lipinski definition) is 1. The van der Waals surface area contributed by atoms with E-state index in [4.69, 9.17) is 4.74 Å². The van der Waals surface area contributed by atoms with Crippen LogP contribution in [0.2, 0.25) is 0 Å². The third-order valence-corrected chi connectivity index (χ3v) is 4.74. The molecule has 0 fully saturated rings. The first-order valence-corrected chi connectivity index (χ1v) is 8.83. The molecule has 1 amide bonds. The number of fused-ring (bicyclic) bond motifs is 1. The molecule has 1 heterocycles. The second kappa shape index (κ2) is 7.55. The zero-order valence-corrected chi connectivity index (χ0v) is 14.6. The van der Waals surface area contributed by atoms with Gasteiger partial charge in [0.15, 0.2) is 5.13 Å². The lowest BCUT2D eigenvalue weighted by Gasteiger charge is -2.12. The van der Waals surface area contributed by atoms with Crippen molar-refractivity contribution in [1.82, 2.24) is 4.98 Å². The molecule has 0 aliphatic heterocycles. The maximum atomic E-state index is 12.3. The molecular weight excluding hydrogens is 320 g/mol. The number of carbonyl (C=O) groups excluding carboxylic acids is 1. The van der Waals surface area contributed by atoms with E-state index in [0.29, 0.717) is 11.7 Å². The minimum atomic E-state index is -0.538. The summed E-state index contributed by atoms with van der Waals surface area (Å²) in [7, 11) is 0. The van der Waals surface area contributed by atoms with Crippen LogP contribution in [0.1, 0.15) is 25.0 Å². The van der Waals surface area contributed by atoms with Crippen LogP contribution >= 0.6 is 11.3 Å². The summed E-state index contributed by atoms with van der Waals surface area (Å²) in [6, 6.07) is 16.0. The number of carbonyl (C=O) groups is 1. The quantitative estimate of drug-likeness (QED) is 0.723. The van der Waals surface area contributed by atoms with Crippen molar-refractivity contribution in [2.45, 2.75) is 33.0 Å². The summed E-state index contributed by atoms with van der Waals surface area (Å²) in [5, 5.41) is 3.46. The van der Waals surface area contributed by atoms with Gasteiger partial charge >= 0.3 is 0 Å². The van der Waals surface area contributed by atoms with Crippen LogP contribution in [0.25, 0.3) is 10.2 Å². The van der Waals surface area contributed by atoms with Gasteiger partial charge in [-0.2, -0.15) is 0 Å². The summed E-state index contributed by atoms with van der Waals surface area (Å²) in [5.41, 5.74) is 3.22. The van der Waals surface area contributed by atoms with Crippen molar-refractivity contribution in [3.8, 4) is 0 Å². The van der Waals surface area contributed by atoms with E-state index in [0.717, 1.165) is 22.2 Å². The Labute approximate surface area is 145 Å². The van der Waals surface area contributed by atoms with E-state index in [1.807, 2.05) is 36.4 Å². The minimum absolute atomic E-state index is 0.180. The summed E-state index contributed by atoms with van der Waals surface area (Å²) in [6.07, 6.45) is 0.448. The van der Waals surface area contributed by atoms with E-state index in [-0.39, 0.29) is 5.91 Å². The topological polar surface area (TPSA) is 51.2 Å². The molecule has 0 radical (unpaired) electrons. The van der Waals surface area contributed by atoms with Crippen molar-refractivity contribution < 1.29 is 9.53 Å². The molecule has 1 atom stereocenters. The van der Waals surface area contributed by atoms with Gasteiger partial charge in [0.05, 0.1) is 16.8 Å². The number of benzene rings is 2. The monoisotopic (exact) mass is 340 g/mol. The van der Waals surface area contributed by atoms with Crippen molar-refractivity contribution in [3.05, 3.63) is 59.7 Å². The van der Waals surface area contributed by atoms with Crippen molar-refractivity contribution in [2.24, 2.45) is 0 Å². The average Bonchev–Trinajstić information content (AvgIpc) is 3.01. The van der Waals surface area contributed by atoms with E-state index < -0.39 is 6.10 Å². The molecule has 5 heteroatoms. The fourth-order valence-corrected chi connectivity index (χ4v) is 3.25. The van der Waals surface area contributed by atoms with Crippen LogP contribution < -0.4 is 5.32 Å². The van der Waals surface area contributed by atoms with E-state index in [1.54, 1.807) is 6.92 Å². The fraction of sp³-hybridized carbons (Fsp3) is 0.263. The maximum absolute atomic E-state index is 12.3. The van der Waals surface area contributed by atoms with Gasteiger partial charge in [0.2, 0.25) is 0 Å². The van der Waals surface area contributed by atoms with E-state index in [2.05, 4.69) is 29.4 Å². The molecule has 0 aliphatic carbocycles. The number of nitrogens with zero attached hydrogens (tertiary/aromatic N) is 1. The third-order valence-electron chi connectivity index (χ3n) is 3.80. The molecule has 0 saturated heterocycles. The van der Waals surface area contributed by atoms with E-state index >= 15 is 0 Å². The van der Waals surface area contributed by atoms with Gasteiger partial charge in [-0.05, 0) is 36.6 Å². The van der Waals surface area contributed by atoms with Gasteiger partial charge < -0.3 is 4.74 Å². The SMILES string of the molecule is CCc1ccc2nc(NC(=O)C(C)OCc3ccccc3)sc2c1. The highest BCUT2D eigenvalue weighted by Gasteiger charge is 2.15. The largest absolute Gasteiger partial charge is 0.364 e. The molecule has 0 aliphatic rings. The number of anilines is 1. The zero-order valence-electron chi connectivity index (χ0n) is 13.8. The van der Waals surface area contributed by atoms with Crippen LogP contribution in [0, 0.1) is 0 Å². The Kier molecular flexibility index (Phi) is 5.23. The molecule has 1 aromatic heterocycles. The second-order valence-corrected chi connectivity index (χ2v) is 6.63. The van der Waals surface area contributed by atoms with Crippen LogP contribution in [0.15, 0.2) is 48.5 Å². The minimum Gasteiger partial charge on any atom is -0.364 e. The second-order valence-electron chi connectivity index (χ2n) is 5.60. The predicted molar refractivity (Wildman–Crippen MR) is 98.3 cm³/mol. The van der Waals surface area contributed by atoms with Crippen molar-refractivity contribution >= 4 is 32.6 Å². The predicted octanol–water partition coefficient (Wildman–Crippen LogP) is 4.40. The van der Waals surface area contributed by atoms with Gasteiger partial charge in [-0.3, -0.25) is 10.1 Å². The van der Waals surface area contributed by atoms with Crippen molar-refractivity contribution in [3.63, 3.8) is 0 Å². The van der Waals surface area contributed by atoms with Gasteiger partial charge in [0.1, 0.15) is 6.10 Å². The molecule has 0 spiro atoms. The van der Waals surface area contributed by atoms with Gasteiger partial charge in [0.25, 0.3) is 5.91 Å². The summed E-state index contributed by atoms with van der Waals surface area (Å²) in [5.74, 6) is -0.180. The van der Waals surface area contributed by atoms with Crippen LogP contribution in [-0.4, -0.2) is 17.0 Å². The Hall–Kier alpha value is -2.24. The lowest BCUT2D eigenvalue weighted by Crippen LogP contribution is -2.27. The molecular formula is C19H20N2O2S. The van der Waals surface area contributed by atoms with Gasteiger partial charge in [-0.15, -0.1) is 0 Å². The number of aryl methyl sites for hydroxylation is 1. The normalized spacial score (nSPS) is 12.2. The first-order valence-electron chi connectivity index (χ1n) is 8.01. The number of ether oxygens (including phenoxy) is 1. The maximum Gasteiger partial charge on any atom is 0.255 e. The van der Waals surface area contributed by atoms with Crippen LogP contribution in [0.4, 0.5) is 5.13 Å². The molecule has 2 aromatic carbocycles. The smallest absolute Gasteiger partial charge is 0.255 e. The Morgan fingerprint density at radius 1 is 1.21 bits per heavy atom. The molecule has 3 rings (SSSR count). The number of hydrogen-bond acceptors (Lipinski definition) is 4. The standard InChI is InChI=1S/C19H20N2O2S/c1-3-14-9-10-16-17(11-14)24-19(20-16)21-18(22)13(2)23-12-15-7-5-4-6-8-15/h4-11,13H,3,12H2,1-2H3,(H,20,21,22). The first-order chi connectivity index (χ1) is 11.7. The Morgan fingerprint density at radius 3 is 2.75 bits per heavy atom. The highest BCUT2D eigenvalue weighted by atomic mass is 32.1. The lowest BCUT2D eigenvalue weighted by atomic mass is 10.2. The summed E-state index contributed by atoms with van der Waals surface area (Å²) in [4.78, 5) is 16.7. The number of thiazole rings is 1. The molecule has 3 aromatic rings. The summed E-state index contributed by atoms with van der Waals surface area (Å²) >= 11 is 1.49. The number of aromatic nitrogens is 1. The molecule has 1 unspecified atom stereocenters. The fourth-order valence-electron chi connectivity index (χ4n) is 2.32. The number of rotatable bonds is 6. The number of nitrogens with one attached hydrogen (secondary N) is 1. The summed E-state index contributed by atoms with van der Waals surface area (Å²) in [6.45, 7) is 4.28. The molecule has 0 bridgehead atoms. The molecule has 124 valence electrons. The number of amides is 1. The van der Waals surface area contributed by atoms with Crippen LogP contribution in [0.3, 0.4) is 0 Å². The molecule has 24 heavy (non-hydrogen) atoms. The zero-order chi connectivity index (χ0) is 16.9. The highest BCUT2D eigenvalue weighted by Crippen LogP contribution is 2.27. The molecule has 4 nitrogen and oxygen atoms in total. The highest BCUT2D eigenvalue weighted by molar-refractivity contribution is 7.22. The Bertz CT molecular complexity index is 830. The Balaban J connectivity index is 1.61. The third kappa shape index (κ3) is 3.99. The molecule has 0 saturated carbocycles.